The number of hydrogen-bond acceptors (Lipinski definition) is 4. The second kappa shape index (κ2) is 7.56. The lowest BCUT2D eigenvalue weighted by atomic mass is 10.0. The summed E-state index contributed by atoms with van der Waals surface area (Å²) in [6.07, 6.45) is 1.90. The van der Waals surface area contributed by atoms with Gasteiger partial charge in [0, 0.05) is 31.4 Å². The quantitative estimate of drug-likeness (QED) is 0.886. The number of likely N-dealkylation sites (tertiary alicyclic amines) is 1. The van der Waals surface area contributed by atoms with Crippen LogP contribution in [-0.4, -0.2) is 36.9 Å². The molecule has 4 rings (SSSR count). The zero-order chi connectivity index (χ0) is 17.8. The van der Waals surface area contributed by atoms with Crippen LogP contribution in [-0.2, 0) is 6.54 Å². The smallest absolute Gasteiger partial charge is 0.317 e. The highest BCUT2D eigenvalue weighted by molar-refractivity contribution is 5.74. The predicted molar refractivity (Wildman–Crippen MR) is 99.5 cm³/mol. The van der Waals surface area contributed by atoms with Crippen LogP contribution < -0.4 is 20.1 Å². The van der Waals surface area contributed by atoms with Crippen LogP contribution in [0.15, 0.2) is 48.5 Å². The van der Waals surface area contributed by atoms with Gasteiger partial charge in [0.15, 0.2) is 11.5 Å². The number of urea groups is 1. The number of para-hydroxylation sites is 1. The van der Waals surface area contributed by atoms with Crippen LogP contribution in [0.1, 0.15) is 18.4 Å². The lowest BCUT2D eigenvalue weighted by Crippen LogP contribution is -2.46. The van der Waals surface area contributed by atoms with E-state index < -0.39 is 0 Å². The Labute approximate surface area is 153 Å². The van der Waals surface area contributed by atoms with Crippen molar-refractivity contribution in [3.05, 3.63) is 54.1 Å². The first-order chi connectivity index (χ1) is 12.8. The number of carbonyl (C=O) groups excluding carboxylic acids is 1. The third-order valence-corrected chi connectivity index (χ3v) is 4.81. The average molecular weight is 353 g/mol. The first kappa shape index (κ1) is 16.6. The first-order valence-electron chi connectivity index (χ1n) is 9.01. The summed E-state index contributed by atoms with van der Waals surface area (Å²) in [6.45, 7) is 2.27. The van der Waals surface area contributed by atoms with Crippen molar-refractivity contribution in [1.82, 2.24) is 10.2 Å². The van der Waals surface area contributed by atoms with E-state index in [1.807, 2.05) is 41.3 Å². The van der Waals surface area contributed by atoms with Gasteiger partial charge < -0.3 is 25.0 Å². The highest BCUT2D eigenvalue weighted by atomic mass is 16.7. The molecule has 2 aliphatic heterocycles. The summed E-state index contributed by atoms with van der Waals surface area (Å²) in [7, 11) is 0. The molecule has 6 nitrogen and oxygen atoms in total. The molecule has 0 unspecified atom stereocenters. The van der Waals surface area contributed by atoms with Gasteiger partial charge in [0.25, 0.3) is 0 Å². The molecule has 2 aliphatic rings. The summed E-state index contributed by atoms with van der Waals surface area (Å²) in [5.41, 5.74) is 2.14. The lowest BCUT2D eigenvalue weighted by Gasteiger charge is -2.33. The van der Waals surface area contributed by atoms with Crippen molar-refractivity contribution in [2.75, 3.05) is 25.2 Å². The van der Waals surface area contributed by atoms with Crippen molar-refractivity contribution < 1.29 is 14.3 Å². The van der Waals surface area contributed by atoms with Crippen molar-refractivity contribution in [2.45, 2.75) is 25.4 Å². The highest BCUT2D eigenvalue weighted by Crippen LogP contribution is 2.32. The molecule has 136 valence electrons. The molecule has 2 heterocycles. The lowest BCUT2D eigenvalue weighted by molar-refractivity contribution is 0.174. The number of nitrogens with one attached hydrogen (secondary N) is 2. The number of hydrogen-bond donors (Lipinski definition) is 2. The monoisotopic (exact) mass is 353 g/mol. The summed E-state index contributed by atoms with van der Waals surface area (Å²) in [5.74, 6) is 1.50. The Morgan fingerprint density at radius 2 is 1.81 bits per heavy atom. The van der Waals surface area contributed by atoms with E-state index in [1.165, 1.54) is 0 Å². The number of anilines is 1. The van der Waals surface area contributed by atoms with Crippen LogP contribution in [0.2, 0.25) is 0 Å². The number of benzene rings is 2. The fraction of sp³-hybridized carbons (Fsp3) is 0.350. The zero-order valence-electron chi connectivity index (χ0n) is 14.6. The van der Waals surface area contributed by atoms with Crippen LogP contribution in [0.25, 0.3) is 0 Å². The van der Waals surface area contributed by atoms with Crippen molar-refractivity contribution in [2.24, 2.45) is 0 Å². The number of amides is 2. The van der Waals surface area contributed by atoms with Crippen LogP contribution in [0.3, 0.4) is 0 Å². The molecule has 0 aromatic heterocycles. The number of carbonyl (C=O) groups is 1. The van der Waals surface area contributed by atoms with E-state index in [4.69, 9.17) is 9.47 Å². The second-order valence-corrected chi connectivity index (χ2v) is 6.62. The molecular formula is C20H23N3O3. The molecule has 0 bridgehead atoms. The Morgan fingerprint density at radius 3 is 2.62 bits per heavy atom. The molecule has 2 aromatic carbocycles. The van der Waals surface area contributed by atoms with Gasteiger partial charge in [-0.25, -0.2) is 4.79 Å². The summed E-state index contributed by atoms with van der Waals surface area (Å²) in [6, 6.07) is 16.4. The third kappa shape index (κ3) is 3.85. The minimum atomic E-state index is -0.0131. The molecule has 0 atom stereocenters. The molecule has 2 N–H and O–H groups in total. The summed E-state index contributed by atoms with van der Waals surface area (Å²) < 4.78 is 10.7. The molecule has 0 aliphatic carbocycles. The Hall–Kier alpha value is -2.89. The third-order valence-electron chi connectivity index (χ3n) is 4.81. The molecule has 2 aromatic rings. The Bertz CT molecular complexity index is 758. The van der Waals surface area contributed by atoms with E-state index in [1.54, 1.807) is 0 Å². The maximum absolute atomic E-state index is 12.4. The molecule has 26 heavy (non-hydrogen) atoms. The Balaban J connectivity index is 1.23. The van der Waals surface area contributed by atoms with Crippen LogP contribution in [0.5, 0.6) is 11.5 Å². The van der Waals surface area contributed by atoms with Gasteiger partial charge in [-0.15, -0.1) is 0 Å². The topological polar surface area (TPSA) is 62.8 Å². The SMILES string of the molecule is O=C(NCc1ccc2c(c1)OCO2)N1CCC(Nc2ccccc2)CC1. The predicted octanol–water partition coefficient (Wildman–Crippen LogP) is 3.20. The maximum Gasteiger partial charge on any atom is 0.317 e. The molecule has 0 saturated carbocycles. The molecule has 0 radical (unpaired) electrons. The van der Waals surface area contributed by atoms with E-state index in [0.29, 0.717) is 12.6 Å². The molecule has 0 spiro atoms. The Kier molecular flexibility index (Phi) is 4.82. The standard InChI is InChI=1S/C20H23N3O3/c24-20(21-13-15-6-7-18-19(12-15)26-14-25-18)23-10-8-17(9-11-23)22-16-4-2-1-3-5-16/h1-7,12,17,22H,8-11,13-14H2,(H,21,24). The largest absolute Gasteiger partial charge is 0.454 e. The van der Waals surface area contributed by atoms with Crippen molar-refractivity contribution in [3.8, 4) is 11.5 Å². The van der Waals surface area contributed by atoms with Gasteiger partial charge in [-0.1, -0.05) is 24.3 Å². The van der Waals surface area contributed by atoms with Gasteiger partial charge >= 0.3 is 6.03 Å². The molecule has 6 heteroatoms. The van der Waals surface area contributed by atoms with Gasteiger partial charge in [-0.3, -0.25) is 0 Å². The number of piperidine rings is 1. The average Bonchev–Trinajstić information content (AvgIpc) is 3.15. The molecule has 1 fully saturated rings. The minimum Gasteiger partial charge on any atom is -0.454 e. The number of nitrogens with zero attached hydrogens (tertiary/aromatic N) is 1. The summed E-state index contributed by atoms with van der Waals surface area (Å²) in [5, 5.41) is 6.53. The zero-order valence-corrected chi connectivity index (χ0v) is 14.6. The van der Waals surface area contributed by atoms with E-state index in [0.717, 1.165) is 48.7 Å². The summed E-state index contributed by atoms with van der Waals surface area (Å²) in [4.78, 5) is 14.3. The number of rotatable bonds is 4. The highest BCUT2D eigenvalue weighted by Gasteiger charge is 2.22. The molecular weight excluding hydrogens is 330 g/mol. The molecule has 1 saturated heterocycles. The van der Waals surface area contributed by atoms with Crippen molar-refractivity contribution in [1.29, 1.82) is 0 Å². The van der Waals surface area contributed by atoms with Gasteiger partial charge in [0.05, 0.1) is 0 Å². The van der Waals surface area contributed by atoms with Gasteiger partial charge in [0.2, 0.25) is 6.79 Å². The first-order valence-corrected chi connectivity index (χ1v) is 9.01. The number of fused-ring (bicyclic) bond motifs is 1. The van der Waals surface area contributed by atoms with Gasteiger partial charge in [-0.05, 0) is 42.7 Å². The van der Waals surface area contributed by atoms with Crippen molar-refractivity contribution >= 4 is 11.7 Å². The van der Waals surface area contributed by atoms with E-state index in [-0.39, 0.29) is 12.8 Å². The van der Waals surface area contributed by atoms with Crippen LogP contribution >= 0.6 is 0 Å². The fourth-order valence-corrected chi connectivity index (χ4v) is 3.34. The van der Waals surface area contributed by atoms with Gasteiger partial charge in [0.1, 0.15) is 0 Å². The van der Waals surface area contributed by atoms with Gasteiger partial charge in [-0.2, -0.15) is 0 Å². The Morgan fingerprint density at radius 1 is 1.04 bits per heavy atom. The molecule has 2 amide bonds. The van der Waals surface area contributed by atoms with Crippen LogP contribution in [0.4, 0.5) is 10.5 Å². The van der Waals surface area contributed by atoms with Crippen molar-refractivity contribution in [3.63, 3.8) is 0 Å². The van der Waals surface area contributed by atoms with E-state index in [9.17, 15) is 4.79 Å². The number of ether oxygens (including phenoxy) is 2. The minimum absolute atomic E-state index is 0.0131. The summed E-state index contributed by atoms with van der Waals surface area (Å²) >= 11 is 0. The second-order valence-electron chi connectivity index (χ2n) is 6.62. The fourth-order valence-electron chi connectivity index (χ4n) is 3.34. The maximum atomic E-state index is 12.4. The van der Waals surface area contributed by atoms with E-state index >= 15 is 0 Å². The van der Waals surface area contributed by atoms with Crippen LogP contribution in [0, 0.1) is 0 Å². The van der Waals surface area contributed by atoms with E-state index in [2.05, 4.69) is 22.8 Å². The normalized spacial score (nSPS) is 16.4.